The van der Waals surface area contributed by atoms with E-state index in [1.54, 1.807) is 16.7 Å². The Hall–Kier alpha value is -1.81. The Kier molecular flexibility index (Phi) is 4.58. The molecule has 0 spiro atoms. The highest BCUT2D eigenvalue weighted by molar-refractivity contribution is 5.10. The lowest BCUT2D eigenvalue weighted by Gasteiger charge is -2.07. The van der Waals surface area contributed by atoms with Crippen molar-refractivity contribution in [2.45, 2.75) is 39.5 Å². The Morgan fingerprint density at radius 1 is 1.16 bits per heavy atom. The third-order valence-electron chi connectivity index (χ3n) is 3.02. The van der Waals surface area contributed by atoms with Gasteiger partial charge < -0.3 is 14.5 Å². The van der Waals surface area contributed by atoms with E-state index >= 15 is 0 Å². The smallest absolute Gasteiger partial charge is 0.250 e. The summed E-state index contributed by atoms with van der Waals surface area (Å²) in [6.45, 7) is 6.67. The van der Waals surface area contributed by atoms with E-state index in [1.807, 2.05) is 12.3 Å². The van der Waals surface area contributed by atoms with Crippen molar-refractivity contribution in [3.8, 4) is 0 Å². The molecule has 2 aromatic heterocycles. The van der Waals surface area contributed by atoms with E-state index in [-0.39, 0.29) is 5.56 Å². The van der Waals surface area contributed by atoms with Crippen LogP contribution in [0.3, 0.4) is 0 Å². The van der Waals surface area contributed by atoms with Gasteiger partial charge in [-0.25, -0.2) is 0 Å². The van der Waals surface area contributed by atoms with Crippen molar-refractivity contribution in [3.63, 3.8) is 0 Å². The van der Waals surface area contributed by atoms with Crippen molar-refractivity contribution >= 4 is 0 Å². The van der Waals surface area contributed by atoms with Gasteiger partial charge in [-0.15, -0.1) is 0 Å². The van der Waals surface area contributed by atoms with Crippen LogP contribution in [0.25, 0.3) is 0 Å². The van der Waals surface area contributed by atoms with Gasteiger partial charge in [0.05, 0.1) is 0 Å². The van der Waals surface area contributed by atoms with Crippen molar-refractivity contribution < 1.29 is 0 Å². The Morgan fingerprint density at radius 3 is 2.74 bits per heavy atom. The molecule has 0 amide bonds. The van der Waals surface area contributed by atoms with E-state index in [1.165, 1.54) is 5.56 Å². The van der Waals surface area contributed by atoms with Crippen LogP contribution in [-0.2, 0) is 19.6 Å². The van der Waals surface area contributed by atoms with Crippen molar-refractivity contribution in [2.24, 2.45) is 0 Å². The SMILES string of the molecule is CC(C)NCc1ccn(CCn2ccccc2=O)c1. The zero-order chi connectivity index (χ0) is 13.7. The molecule has 4 heteroatoms. The maximum absolute atomic E-state index is 11.6. The number of aromatic nitrogens is 2. The quantitative estimate of drug-likeness (QED) is 0.860. The van der Waals surface area contributed by atoms with Gasteiger partial charge in [-0.1, -0.05) is 19.9 Å². The van der Waals surface area contributed by atoms with Crippen LogP contribution >= 0.6 is 0 Å². The Morgan fingerprint density at radius 2 is 2.00 bits per heavy atom. The molecule has 2 aromatic rings. The molecule has 0 aliphatic heterocycles. The highest BCUT2D eigenvalue weighted by atomic mass is 16.1. The molecule has 102 valence electrons. The van der Waals surface area contributed by atoms with Crippen molar-refractivity contribution in [2.75, 3.05) is 0 Å². The summed E-state index contributed by atoms with van der Waals surface area (Å²) in [5.74, 6) is 0. The molecule has 0 aliphatic carbocycles. The third-order valence-corrected chi connectivity index (χ3v) is 3.02. The first-order chi connectivity index (χ1) is 9.15. The van der Waals surface area contributed by atoms with Crippen molar-refractivity contribution in [1.82, 2.24) is 14.5 Å². The first-order valence-electron chi connectivity index (χ1n) is 6.68. The topological polar surface area (TPSA) is 39.0 Å². The highest BCUT2D eigenvalue weighted by Gasteiger charge is 1.99. The van der Waals surface area contributed by atoms with Crippen molar-refractivity contribution in [3.05, 3.63) is 58.8 Å². The van der Waals surface area contributed by atoms with Crippen LogP contribution in [0.1, 0.15) is 19.4 Å². The number of hydrogen-bond acceptors (Lipinski definition) is 2. The molecule has 0 bridgehead atoms. The molecule has 0 aromatic carbocycles. The standard InChI is InChI=1S/C15H21N3O/c1-13(2)16-11-14-6-8-17(12-14)9-10-18-7-4-3-5-15(18)19/h3-8,12-13,16H,9-11H2,1-2H3. The Bertz CT molecular complexity index is 569. The second-order valence-corrected chi connectivity index (χ2v) is 5.03. The molecule has 19 heavy (non-hydrogen) atoms. The van der Waals surface area contributed by atoms with Gasteiger partial charge in [-0.3, -0.25) is 4.79 Å². The maximum Gasteiger partial charge on any atom is 0.250 e. The van der Waals surface area contributed by atoms with E-state index < -0.39 is 0 Å². The van der Waals surface area contributed by atoms with Gasteiger partial charge >= 0.3 is 0 Å². The maximum atomic E-state index is 11.6. The first-order valence-corrected chi connectivity index (χ1v) is 6.68. The second kappa shape index (κ2) is 6.38. The molecule has 4 nitrogen and oxygen atoms in total. The molecule has 0 saturated heterocycles. The lowest BCUT2D eigenvalue weighted by molar-refractivity contribution is 0.562. The predicted octanol–water partition coefficient (Wildman–Crippen LogP) is 1.85. The molecule has 0 fully saturated rings. The lowest BCUT2D eigenvalue weighted by atomic mass is 10.3. The number of nitrogens with zero attached hydrogens (tertiary/aromatic N) is 2. The molecule has 2 rings (SSSR count). The van der Waals surface area contributed by atoms with Crippen LogP contribution in [-0.4, -0.2) is 15.2 Å². The van der Waals surface area contributed by atoms with E-state index in [0.29, 0.717) is 12.6 Å². The van der Waals surface area contributed by atoms with E-state index in [9.17, 15) is 4.79 Å². The summed E-state index contributed by atoms with van der Waals surface area (Å²) in [4.78, 5) is 11.6. The van der Waals surface area contributed by atoms with Gasteiger partial charge in [0.25, 0.3) is 5.56 Å². The fourth-order valence-electron chi connectivity index (χ4n) is 1.92. The van der Waals surface area contributed by atoms with Gasteiger partial charge in [0.1, 0.15) is 0 Å². The van der Waals surface area contributed by atoms with Gasteiger partial charge in [0.15, 0.2) is 0 Å². The number of hydrogen-bond donors (Lipinski definition) is 1. The fourth-order valence-corrected chi connectivity index (χ4v) is 1.92. The summed E-state index contributed by atoms with van der Waals surface area (Å²) < 4.78 is 3.85. The van der Waals surface area contributed by atoms with Gasteiger partial charge in [-0.2, -0.15) is 0 Å². The van der Waals surface area contributed by atoms with Gasteiger partial charge in [0, 0.05) is 50.3 Å². The number of rotatable bonds is 6. The minimum atomic E-state index is 0.0522. The van der Waals surface area contributed by atoms with Crippen LogP contribution in [0.2, 0.25) is 0 Å². The summed E-state index contributed by atoms with van der Waals surface area (Å²) in [5.41, 5.74) is 1.32. The van der Waals surface area contributed by atoms with Crippen molar-refractivity contribution in [1.29, 1.82) is 0 Å². The average Bonchev–Trinajstić information content (AvgIpc) is 2.83. The second-order valence-electron chi connectivity index (χ2n) is 5.03. The lowest BCUT2D eigenvalue weighted by Crippen LogP contribution is -2.21. The molecule has 0 atom stereocenters. The van der Waals surface area contributed by atoms with Crippen LogP contribution in [0.15, 0.2) is 47.7 Å². The van der Waals surface area contributed by atoms with Gasteiger partial charge in [-0.05, 0) is 17.7 Å². The number of nitrogens with one attached hydrogen (secondary N) is 1. The third kappa shape index (κ3) is 4.10. The highest BCUT2D eigenvalue weighted by Crippen LogP contribution is 2.02. The average molecular weight is 259 g/mol. The van der Waals surface area contributed by atoms with Crippen LogP contribution in [0, 0.1) is 0 Å². The summed E-state index contributed by atoms with van der Waals surface area (Å²) in [6, 6.07) is 7.85. The Labute approximate surface area is 113 Å². The molecule has 2 heterocycles. The Balaban J connectivity index is 1.90. The number of pyridine rings is 1. The summed E-state index contributed by atoms with van der Waals surface area (Å²) in [6.07, 6.45) is 6.02. The molecule has 0 radical (unpaired) electrons. The fraction of sp³-hybridized carbons (Fsp3) is 0.400. The van der Waals surface area contributed by atoms with Gasteiger partial charge in [0.2, 0.25) is 0 Å². The van der Waals surface area contributed by atoms with E-state index in [4.69, 9.17) is 0 Å². The zero-order valence-electron chi connectivity index (χ0n) is 11.5. The van der Waals surface area contributed by atoms with Crippen LogP contribution in [0.5, 0.6) is 0 Å². The minimum absolute atomic E-state index is 0.0522. The van der Waals surface area contributed by atoms with E-state index in [0.717, 1.165) is 13.1 Å². The molecule has 0 aliphatic rings. The summed E-state index contributed by atoms with van der Waals surface area (Å²) in [5, 5.41) is 3.39. The number of aryl methyl sites for hydroxylation is 2. The minimum Gasteiger partial charge on any atom is -0.352 e. The summed E-state index contributed by atoms with van der Waals surface area (Å²) >= 11 is 0. The monoisotopic (exact) mass is 259 g/mol. The molecule has 0 saturated carbocycles. The van der Waals surface area contributed by atoms with E-state index in [2.05, 4.69) is 42.2 Å². The van der Waals surface area contributed by atoms with Crippen LogP contribution in [0.4, 0.5) is 0 Å². The normalized spacial score (nSPS) is 11.1. The van der Waals surface area contributed by atoms with Crippen LogP contribution < -0.4 is 10.9 Å². The first kappa shape index (κ1) is 13.6. The predicted molar refractivity (Wildman–Crippen MR) is 77.1 cm³/mol. The molecular weight excluding hydrogens is 238 g/mol. The zero-order valence-corrected chi connectivity index (χ0v) is 11.5. The molecular formula is C15H21N3O. The summed E-state index contributed by atoms with van der Waals surface area (Å²) in [7, 11) is 0. The molecule has 1 N–H and O–H groups in total. The largest absolute Gasteiger partial charge is 0.352 e. The molecule has 0 unspecified atom stereocenters.